The zero-order valence-corrected chi connectivity index (χ0v) is 17.0. The van der Waals surface area contributed by atoms with Gasteiger partial charge in [0.2, 0.25) is 0 Å². The molecule has 30 heavy (non-hydrogen) atoms. The van der Waals surface area contributed by atoms with Gasteiger partial charge in [-0.3, -0.25) is 20.2 Å². The van der Waals surface area contributed by atoms with Gasteiger partial charge >= 0.3 is 6.03 Å². The molecule has 1 fully saturated rings. The molecule has 3 N–H and O–H groups in total. The zero-order valence-electron chi connectivity index (χ0n) is 17.0. The van der Waals surface area contributed by atoms with Gasteiger partial charge in [0.25, 0.3) is 0 Å². The molecular weight excluding hydrogens is 378 g/mol. The SMILES string of the molecule is Cc1cncc(-c2ccc(N)c(N(C(=O)Nc3cnccn3)C3CCCCC3)n2)c1. The van der Waals surface area contributed by atoms with Crippen LogP contribution in [0.3, 0.4) is 0 Å². The van der Waals surface area contributed by atoms with E-state index >= 15 is 0 Å². The fourth-order valence-corrected chi connectivity index (χ4v) is 3.82. The Bertz CT molecular complexity index is 1020. The summed E-state index contributed by atoms with van der Waals surface area (Å²) in [6, 6.07) is 5.39. The molecule has 1 saturated carbocycles. The molecule has 8 nitrogen and oxygen atoms in total. The van der Waals surface area contributed by atoms with Crippen molar-refractivity contribution >= 4 is 23.4 Å². The van der Waals surface area contributed by atoms with Crippen LogP contribution in [-0.2, 0) is 0 Å². The third-order valence-electron chi connectivity index (χ3n) is 5.26. The lowest BCUT2D eigenvalue weighted by molar-refractivity contribution is 0.252. The Hall–Kier alpha value is -3.55. The van der Waals surface area contributed by atoms with Crippen LogP contribution in [0.15, 0.2) is 49.2 Å². The number of pyridine rings is 2. The van der Waals surface area contributed by atoms with Crippen molar-refractivity contribution in [2.75, 3.05) is 16.0 Å². The average Bonchev–Trinajstić information content (AvgIpc) is 2.77. The largest absolute Gasteiger partial charge is 0.396 e. The normalized spacial score (nSPS) is 14.3. The number of aromatic nitrogens is 4. The van der Waals surface area contributed by atoms with Gasteiger partial charge in [0, 0.05) is 36.4 Å². The van der Waals surface area contributed by atoms with Gasteiger partial charge in [-0.2, -0.15) is 0 Å². The van der Waals surface area contributed by atoms with Crippen molar-refractivity contribution in [2.24, 2.45) is 0 Å². The summed E-state index contributed by atoms with van der Waals surface area (Å²) in [7, 11) is 0. The van der Waals surface area contributed by atoms with Crippen LogP contribution in [0.25, 0.3) is 11.3 Å². The number of carbonyl (C=O) groups excluding carboxylic acids is 1. The summed E-state index contributed by atoms with van der Waals surface area (Å²) in [5.41, 5.74) is 9.41. The Morgan fingerprint density at radius 3 is 2.67 bits per heavy atom. The van der Waals surface area contributed by atoms with Crippen molar-refractivity contribution in [1.29, 1.82) is 0 Å². The number of amides is 2. The van der Waals surface area contributed by atoms with E-state index in [9.17, 15) is 4.79 Å². The number of aryl methyl sites for hydroxylation is 1. The molecule has 154 valence electrons. The van der Waals surface area contributed by atoms with Crippen LogP contribution < -0.4 is 16.0 Å². The minimum absolute atomic E-state index is 0.0242. The van der Waals surface area contributed by atoms with Gasteiger partial charge < -0.3 is 5.73 Å². The summed E-state index contributed by atoms with van der Waals surface area (Å²) in [6.45, 7) is 1.98. The number of rotatable bonds is 4. The Balaban J connectivity index is 1.72. The molecule has 8 heteroatoms. The van der Waals surface area contributed by atoms with Crippen molar-refractivity contribution in [3.05, 3.63) is 54.7 Å². The molecule has 3 heterocycles. The first-order valence-corrected chi connectivity index (χ1v) is 10.2. The molecule has 1 aliphatic rings. The number of carbonyl (C=O) groups is 1. The molecule has 0 aromatic carbocycles. The minimum Gasteiger partial charge on any atom is -0.396 e. The molecule has 0 aliphatic heterocycles. The molecule has 2 amide bonds. The summed E-state index contributed by atoms with van der Waals surface area (Å²) in [5, 5.41) is 2.84. The van der Waals surface area contributed by atoms with Crippen molar-refractivity contribution in [1.82, 2.24) is 19.9 Å². The molecule has 0 atom stereocenters. The van der Waals surface area contributed by atoms with Crippen molar-refractivity contribution < 1.29 is 4.79 Å². The highest BCUT2D eigenvalue weighted by Crippen LogP contribution is 2.32. The highest BCUT2D eigenvalue weighted by molar-refractivity contribution is 6.02. The van der Waals surface area contributed by atoms with Crippen LogP contribution in [0.5, 0.6) is 0 Å². The van der Waals surface area contributed by atoms with Gasteiger partial charge in [-0.05, 0) is 43.5 Å². The van der Waals surface area contributed by atoms with Gasteiger partial charge in [-0.25, -0.2) is 14.8 Å². The summed E-state index contributed by atoms with van der Waals surface area (Å²) in [5.74, 6) is 0.850. The zero-order chi connectivity index (χ0) is 20.9. The number of nitrogens with zero attached hydrogens (tertiary/aromatic N) is 5. The van der Waals surface area contributed by atoms with Crippen molar-refractivity contribution in [2.45, 2.75) is 45.1 Å². The maximum absolute atomic E-state index is 13.3. The monoisotopic (exact) mass is 403 g/mol. The van der Waals surface area contributed by atoms with E-state index in [1.54, 1.807) is 35.8 Å². The van der Waals surface area contributed by atoms with Gasteiger partial charge in [-0.15, -0.1) is 0 Å². The third kappa shape index (κ3) is 4.37. The molecule has 0 saturated heterocycles. The smallest absolute Gasteiger partial charge is 0.329 e. The Kier molecular flexibility index (Phi) is 5.83. The van der Waals surface area contributed by atoms with Crippen LogP contribution in [0.2, 0.25) is 0 Å². The maximum atomic E-state index is 13.3. The molecule has 4 rings (SSSR count). The van der Waals surface area contributed by atoms with E-state index < -0.39 is 0 Å². The predicted octanol–water partition coefficient (Wildman–Crippen LogP) is 4.20. The first-order chi connectivity index (χ1) is 14.6. The molecular formula is C22H25N7O. The molecule has 0 bridgehead atoms. The quantitative estimate of drug-likeness (QED) is 0.676. The number of urea groups is 1. The lowest BCUT2D eigenvalue weighted by Gasteiger charge is -2.34. The van der Waals surface area contributed by atoms with Crippen LogP contribution >= 0.6 is 0 Å². The van der Waals surface area contributed by atoms with Crippen LogP contribution in [-0.4, -0.2) is 32.0 Å². The second-order valence-electron chi connectivity index (χ2n) is 7.54. The van der Waals surface area contributed by atoms with Crippen molar-refractivity contribution in [3.8, 4) is 11.3 Å². The first kappa shape index (κ1) is 19.8. The van der Waals surface area contributed by atoms with Crippen LogP contribution in [0.1, 0.15) is 37.7 Å². The second kappa shape index (κ2) is 8.86. The number of nitrogens with one attached hydrogen (secondary N) is 1. The topological polar surface area (TPSA) is 110 Å². The van der Waals surface area contributed by atoms with Gasteiger partial charge in [0.1, 0.15) is 0 Å². The molecule has 0 unspecified atom stereocenters. The van der Waals surface area contributed by atoms with E-state index in [1.807, 2.05) is 19.1 Å². The van der Waals surface area contributed by atoms with Crippen molar-refractivity contribution in [3.63, 3.8) is 0 Å². The fourth-order valence-electron chi connectivity index (χ4n) is 3.82. The lowest BCUT2D eigenvalue weighted by atomic mass is 9.94. The van der Waals surface area contributed by atoms with E-state index in [1.165, 1.54) is 12.6 Å². The van der Waals surface area contributed by atoms with E-state index in [-0.39, 0.29) is 12.1 Å². The lowest BCUT2D eigenvalue weighted by Crippen LogP contribution is -2.45. The second-order valence-corrected chi connectivity index (χ2v) is 7.54. The van der Waals surface area contributed by atoms with E-state index in [2.05, 4.69) is 20.3 Å². The summed E-state index contributed by atoms with van der Waals surface area (Å²) in [6.07, 6.45) is 13.3. The van der Waals surface area contributed by atoms with Gasteiger partial charge in [-0.1, -0.05) is 19.3 Å². The van der Waals surface area contributed by atoms with Gasteiger partial charge in [0.05, 0.1) is 17.6 Å². The molecule has 0 radical (unpaired) electrons. The Morgan fingerprint density at radius 2 is 1.93 bits per heavy atom. The number of nitrogen functional groups attached to an aromatic ring is 1. The first-order valence-electron chi connectivity index (χ1n) is 10.2. The summed E-state index contributed by atoms with van der Waals surface area (Å²) < 4.78 is 0. The van der Waals surface area contributed by atoms with E-state index in [0.29, 0.717) is 17.3 Å². The fraction of sp³-hybridized carbons (Fsp3) is 0.318. The van der Waals surface area contributed by atoms with Crippen LogP contribution in [0, 0.1) is 6.92 Å². The number of anilines is 3. The average molecular weight is 403 g/mol. The van der Waals surface area contributed by atoms with Gasteiger partial charge in [0.15, 0.2) is 11.6 Å². The predicted molar refractivity (Wildman–Crippen MR) is 117 cm³/mol. The number of nitrogens with two attached hydrogens (primary N) is 1. The number of hydrogen-bond donors (Lipinski definition) is 2. The minimum atomic E-state index is -0.305. The van der Waals surface area contributed by atoms with E-state index in [4.69, 9.17) is 10.7 Å². The molecule has 0 spiro atoms. The highest BCUT2D eigenvalue weighted by atomic mass is 16.2. The maximum Gasteiger partial charge on any atom is 0.329 e. The van der Waals surface area contributed by atoms with Crippen LogP contribution in [0.4, 0.5) is 22.1 Å². The third-order valence-corrected chi connectivity index (χ3v) is 5.26. The van der Waals surface area contributed by atoms with E-state index in [0.717, 1.165) is 42.5 Å². The Morgan fingerprint density at radius 1 is 1.10 bits per heavy atom. The molecule has 3 aromatic heterocycles. The summed E-state index contributed by atoms with van der Waals surface area (Å²) >= 11 is 0. The summed E-state index contributed by atoms with van der Waals surface area (Å²) in [4.78, 5) is 32.2. The standard InChI is InChI=1S/C22H25N7O/c1-15-11-16(13-25-12-15)19-8-7-18(23)21(27-19)29(17-5-3-2-4-6-17)22(30)28-20-14-24-9-10-26-20/h7-14,17H,2-6,23H2,1H3,(H,26,28,30). The Labute approximate surface area is 175 Å². The molecule has 3 aromatic rings. The highest BCUT2D eigenvalue weighted by Gasteiger charge is 2.30. The number of hydrogen-bond acceptors (Lipinski definition) is 6. The molecule has 1 aliphatic carbocycles.